The van der Waals surface area contributed by atoms with Gasteiger partial charge >= 0.3 is 5.76 Å². The van der Waals surface area contributed by atoms with E-state index >= 15 is 0 Å². The van der Waals surface area contributed by atoms with Gasteiger partial charge in [-0.05, 0) is 31.5 Å². The van der Waals surface area contributed by atoms with Crippen LogP contribution in [0.5, 0.6) is 0 Å². The lowest BCUT2D eigenvalue weighted by atomic mass is 10.1. The van der Waals surface area contributed by atoms with Crippen LogP contribution < -0.4 is 11.1 Å². The van der Waals surface area contributed by atoms with E-state index in [9.17, 15) is 4.79 Å². The SMILES string of the molecule is CC(C)n1nc(Cc2c(Cl)cc(NCc3nn[nH]n3)cc2Cl)oc1=O. The van der Waals surface area contributed by atoms with Crippen molar-refractivity contribution < 1.29 is 4.42 Å². The zero-order chi connectivity index (χ0) is 18.0. The average Bonchev–Trinajstić information content (AvgIpc) is 3.18. The van der Waals surface area contributed by atoms with Crippen LogP contribution in [-0.4, -0.2) is 30.4 Å². The lowest BCUT2D eigenvalue weighted by Gasteiger charge is -2.09. The molecule has 0 spiro atoms. The second-order valence-electron chi connectivity index (χ2n) is 5.58. The number of aromatic nitrogens is 6. The molecule has 2 N–H and O–H groups in total. The molecule has 0 aliphatic heterocycles. The van der Waals surface area contributed by atoms with Gasteiger partial charge < -0.3 is 9.73 Å². The topological polar surface area (TPSA) is 115 Å². The summed E-state index contributed by atoms with van der Waals surface area (Å²) >= 11 is 12.7. The van der Waals surface area contributed by atoms with Gasteiger partial charge in [-0.1, -0.05) is 28.4 Å². The molecule has 0 amide bonds. The molecule has 25 heavy (non-hydrogen) atoms. The number of tetrazole rings is 1. The molecule has 2 aromatic heterocycles. The fourth-order valence-corrected chi connectivity index (χ4v) is 2.81. The third-order valence-electron chi connectivity index (χ3n) is 3.41. The summed E-state index contributed by atoms with van der Waals surface area (Å²) in [5.74, 6) is 0.267. The first-order valence-electron chi connectivity index (χ1n) is 7.46. The van der Waals surface area contributed by atoms with Gasteiger partial charge in [-0.3, -0.25) is 0 Å². The van der Waals surface area contributed by atoms with Crippen LogP contribution in [0.4, 0.5) is 5.69 Å². The molecule has 3 aromatic rings. The summed E-state index contributed by atoms with van der Waals surface area (Å²) in [6.07, 6.45) is 0.220. The van der Waals surface area contributed by atoms with Crippen LogP contribution in [0.1, 0.15) is 37.2 Å². The van der Waals surface area contributed by atoms with Gasteiger partial charge in [0.1, 0.15) is 0 Å². The van der Waals surface area contributed by atoms with Gasteiger partial charge in [0.05, 0.1) is 19.0 Å². The van der Waals surface area contributed by atoms with Gasteiger partial charge in [0.25, 0.3) is 0 Å². The van der Waals surface area contributed by atoms with Crippen LogP contribution in [0.2, 0.25) is 10.0 Å². The third kappa shape index (κ3) is 3.99. The van der Waals surface area contributed by atoms with Gasteiger partial charge in [0, 0.05) is 15.7 Å². The molecule has 0 bridgehead atoms. The number of H-pyrrole nitrogens is 1. The normalized spacial score (nSPS) is 11.2. The number of aromatic amines is 1. The van der Waals surface area contributed by atoms with Crippen molar-refractivity contribution in [1.29, 1.82) is 0 Å². The Bertz CT molecular complexity index is 895. The Morgan fingerprint density at radius 3 is 2.60 bits per heavy atom. The Morgan fingerprint density at radius 1 is 1.32 bits per heavy atom. The van der Waals surface area contributed by atoms with Gasteiger partial charge in [-0.25, -0.2) is 4.79 Å². The maximum atomic E-state index is 11.7. The summed E-state index contributed by atoms with van der Waals surface area (Å²) in [6, 6.07) is 3.36. The highest BCUT2D eigenvalue weighted by molar-refractivity contribution is 6.36. The standard InChI is InChI=1S/C14H15Cl2N7O2/c1-7(2)23-14(24)25-13(20-23)5-9-10(15)3-8(4-11(9)16)17-6-12-18-21-22-19-12/h3-4,7,17H,5-6H2,1-2H3,(H,18,19,21,22). The number of hydrogen-bond donors (Lipinski definition) is 2. The highest BCUT2D eigenvalue weighted by Crippen LogP contribution is 2.30. The molecule has 0 saturated heterocycles. The first-order valence-corrected chi connectivity index (χ1v) is 8.22. The fourth-order valence-electron chi connectivity index (χ4n) is 2.19. The molecule has 1 aromatic carbocycles. The van der Waals surface area contributed by atoms with Gasteiger partial charge in [0.15, 0.2) is 5.82 Å². The number of rotatable bonds is 6. The number of halogens is 2. The van der Waals surface area contributed by atoms with Gasteiger partial charge in [-0.2, -0.15) is 9.90 Å². The maximum Gasteiger partial charge on any atom is 0.437 e. The quantitative estimate of drug-likeness (QED) is 0.671. The highest BCUT2D eigenvalue weighted by Gasteiger charge is 2.16. The predicted octanol–water partition coefficient (Wildman–Crippen LogP) is 2.44. The van der Waals surface area contributed by atoms with E-state index in [1.807, 2.05) is 13.8 Å². The zero-order valence-electron chi connectivity index (χ0n) is 13.5. The largest absolute Gasteiger partial charge is 0.437 e. The van der Waals surface area contributed by atoms with E-state index < -0.39 is 5.76 Å². The Morgan fingerprint density at radius 2 is 2.04 bits per heavy atom. The van der Waals surface area contributed by atoms with Gasteiger partial charge in [0.2, 0.25) is 5.89 Å². The predicted molar refractivity (Wildman–Crippen MR) is 91.9 cm³/mol. The van der Waals surface area contributed by atoms with Crippen molar-refractivity contribution in [3.63, 3.8) is 0 Å². The van der Waals surface area contributed by atoms with Crippen molar-refractivity contribution >= 4 is 28.9 Å². The summed E-state index contributed by atoms with van der Waals surface area (Å²) in [4.78, 5) is 11.7. The minimum Gasteiger partial charge on any atom is -0.392 e. The molecule has 0 radical (unpaired) electrons. The number of anilines is 1. The molecule has 132 valence electrons. The van der Waals surface area contributed by atoms with Crippen molar-refractivity contribution in [3.8, 4) is 0 Å². The van der Waals surface area contributed by atoms with Crippen molar-refractivity contribution in [1.82, 2.24) is 30.4 Å². The molecular formula is C14H15Cl2N7O2. The van der Waals surface area contributed by atoms with E-state index in [1.165, 1.54) is 4.68 Å². The summed E-state index contributed by atoms with van der Waals surface area (Å²) < 4.78 is 6.43. The lowest BCUT2D eigenvalue weighted by molar-refractivity contribution is 0.434. The molecule has 0 fully saturated rings. The molecule has 0 saturated carbocycles. The molecule has 0 atom stereocenters. The molecule has 0 aliphatic carbocycles. The molecule has 11 heteroatoms. The second-order valence-corrected chi connectivity index (χ2v) is 6.39. The minimum absolute atomic E-state index is 0.0901. The first-order chi connectivity index (χ1) is 11.9. The van der Waals surface area contributed by atoms with Crippen molar-refractivity contribution in [3.05, 3.63) is 50.0 Å². The van der Waals surface area contributed by atoms with Crippen molar-refractivity contribution in [2.45, 2.75) is 32.9 Å². The second kappa shape index (κ2) is 7.24. The molecule has 3 rings (SSSR count). The van der Waals surface area contributed by atoms with Gasteiger partial charge in [-0.15, -0.1) is 15.3 Å². The fraction of sp³-hybridized carbons (Fsp3) is 0.357. The Kier molecular flexibility index (Phi) is 5.05. The summed E-state index contributed by atoms with van der Waals surface area (Å²) in [6.45, 7) is 4.06. The van der Waals surface area contributed by atoms with E-state index in [4.69, 9.17) is 27.6 Å². The third-order valence-corrected chi connectivity index (χ3v) is 4.08. The summed E-state index contributed by atoms with van der Waals surface area (Å²) in [5.41, 5.74) is 1.34. The number of benzene rings is 1. The van der Waals surface area contributed by atoms with Crippen LogP contribution in [0.25, 0.3) is 0 Å². The molecule has 2 heterocycles. The van der Waals surface area contributed by atoms with Crippen molar-refractivity contribution in [2.75, 3.05) is 5.32 Å². The van der Waals surface area contributed by atoms with Crippen molar-refractivity contribution in [2.24, 2.45) is 0 Å². The van der Waals surface area contributed by atoms with Crippen LogP contribution >= 0.6 is 23.2 Å². The Labute approximate surface area is 152 Å². The van der Waals surface area contributed by atoms with Crippen LogP contribution in [0, 0.1) is 0 Å². The smallest absolute Gasteiger partial charge is 0.392 e. The lowest BCUT2D eigenvalue weighted by Crippen LogP contribution is -2.17. The summed E-state index contributed by atoms with van der Waals surface area (Å²) in [5, 5.41) is 21.7. The molecular weight excluding hydrogens is 369 g/mol. The summed E-state index contributed by atoms with van der Waals surface area (Å²) in [7, 11) is 0. The van der Waals surface area contributed by atoms with E-state index in [1.54, 1.807) is 12.1 Å². The van der Waals surface area contributed by atoms with Crippen LogP contribution in [0.15, 0.2) is 21.3 Å². The molecule has 0 unspecified atom stereocenters. The average molecular weight is 384 g/mol. The Balaban J connectivity index is 1.78. The zero-order valence-corrected chi connectivity index (χ0v) is 15.0. The van der Waals surface area contributed by atoms with E-state index in [0.29, 0.717) is 33.7 Å². The molecule has 0 aliphatic rings. The maximum absolute atomic E-state index is 11.7. The first kappa shape index (κ1) is 17.4. The van der Waals surface area contributed by atoms with Crippen LogP contribution in [-0.2, 0) is 13.0 Å². The molecule has 9 nitrogen and oxygen atoms in total. The van der Waals surface area contributed by atoms with Crippen LogP contribution in [0.3, 0.4) is 0 Å². The monoisotopic (exact) mass is 383 g/mol. The van der Waals surface area contributed by atoms with E-state index in [2.05, 4.69) is 31.0 Å². The van der Waals surface area contributed by atoms with E-state index in [-0.39, 0.29) is 18.4 Å². The number of hydrogen-bond acceptors (Lipinski definition) is 7. The number of nitrogens with one attached hydrogen (secondary N) is 2. The Hall–Kier alpha value is -2.39. The highest BCUT2D eigenvalue weighted by atomic mass is 35.5. The van der Waals surface area contributed by atoms with E-state index in [0.717, 1.165) is 0 Å². The minimum atomic E-state index is -0.504. The number of nitrogens with zero attached hydrogens (tertiary/aromatic N) is 5.